The average Bonchev–Trinajstić information content (AvgIpc) is 3.31. The maximum absolute atomic E-state index is 13.2. The lowest BCUT2D eigenvalue weighted by atomic mass is 9.86. The van der Waals surface area contributed by atoms with Crippen molar-refractivity contribution in [1.82, 2.24) is 15.2 Å². The fourth-order valence-corrected chi connectivity index (χ4v) is 5.08. The van der Waals surface area contributed by atoms with Crippen LogP contribution in [0.1, 0.15) is 31.4 Å². The molecule has 2 aliphatic heterocycles. The van der Waals surface area contributed by atoms with Crippen molar-refractivity contribution in [2.45, 2.75) is 31.3 Å². The van der Waals surface area contributed by atoms with Crippen molar-refractivity contribution >= 4 is 39.2 Å². The van der Waals surface area contributed by atoms with E-state index in [2.05, 4.69) is 40.3 Å². The third-order valence-electron chi connectivity index (χ3n) is 6.28. The summed E-state index contributed by atoms with van der Waals surface area (Å²) in [5.41, 5.74) is 3.55. The largest absolute Gasteiger partial charge is 0.329 e. The molecule has 154 valence electrons. The fourth-order valence-electron chi connectivity index (χ4n) is 4.42. The molecule has 8 heteroatoms. The molecule has 1 unspecified atom stereocenters. The molecule has 3 amide bonds. The van der Waals surface area contributed by atoms with Crippen molar-refractivity contribution in [3.8, 4) is 0 Å². The second kappa shape index (κ2) is 7.14. The standard InChI is InChI=1S/C22H21FN4O2S/c1-14(15-2-7-19-18(12-15)24-13-30-19)26-10-8-22(9-11-26)20(28)27(21(29)25-22)17-5-3-16(23)4-6-17/h2-7,12-14H,8-11H2,1H3,(H,25,29). The molecule has 5 rings (SSSR count). The number of carbonyl (C=O) groups is 2. The first-order valence-electron chi connectivity index (χ1n) is 9.96. The number of fused-ring (bicyclic) bond motifs is 1. The van der Waals surface area contributed by atoms with Crippen LogP contribution in [0.15, 0.2) is 48.0 Å². The van der Waals surface area contributed by atoms with E-state index in [1.807, 2.05) is 5.51 Å². The highest BCUT2D eigenvalue weighted by molar-refractivity contribution is 7.16. The van der Waals surface area contributed by atoms with Crippen molar-refractivity contribution in [2.75, 3.05) is 18.0 Å². The van der Waals surface area contributed by atoms with Gasteiger partial charge in [-0.3, -0.25) is 9.69 Å². The number of nitrogens with one attached hydrogen (secondary N) is 1. The molecule has 2 saturated heterocycles. The number of amides is 3. The molecule has 3 heterocycles. The molecule has 30 heavy (non-hydrogen) atoms. The number of likely N-dealkylation sites (tertiary alicyclic amines) is 1. The minimum absolute atomic E-state index is 0.189. The quantitative estimate of drug-likeness (QED) is 0.644. The lowest BCUT2D eigenvalue weighted by Gasteiger charge is -2.40. The van der Waals surface area contributed by atoms with Crippen LogP contribution in [0.3, 0.4) is 0 Å². The molecule has 0 aliphatic carbocycles. The first-order chi connectivity index (χ1) is 14.5. The summed E-state index contributed by atoms with van der Waals surface area (Å²) in [6.45, 7) is 3.55. The molecular weight excluding hydrogens is 403 g/mol. The van der Waals surface area contributed by atoms with Gasteiger partial charge in [0.1, 0.15) is 11.4 Å². The van der Waals surface area contributed by atoms with E-state index in [9.17, 15) is 14.0 Å². The Bertz CT molecular complexity index is 1120. The number of urea groups is 1. The Morgan fingerprint density at radius 3 is 2.60 bits per heavy atom. The van der Waals surface area contributed by atoms with E-state index in [-0.39, 0.29) is 11.9 Å². The number of halogens is 1. The summed E-state index contributed by atoms with van der Waals surface area (Å²) in [6, 6.07) is 11.5. The smallest absolute Gasteiger partial charge is 0.323 e. The zero-order valence-corrected chi connectivity index (χ0v) is 17.3. The minimum Gasteiger partial charge on any atom is -0.323 e. The van der Waals surface area contributed by atoms with E-state index >= 15 is 0 Å². The second-order valence-electron chi connectivity index (χ2n) is 7.92. The van der Waals surface area contributed by atoms with Crippen LogP contribution >= 0.6 is 11.3 Å². The summed E-state index contributed by atoms with van der Waals surface area (Å²) in [5.74, 6) is -0.658. The van der Waals surface area contributed by atoms with Gasteiger partial charge in [0, 0.05) is 19.1 Å². The van der Waals surface area contributed by atoms with Crippen LogP contribution < -0.4 is 10.2 Å². The van der Waals surface area contributed by atoms with Crippen LogP contribution in [0.25, 0.3) is 10.2 Å². The molecule has 1 spiro atoms. The van der Waals surface area contributed by atoms with Crippen LogP contribution in [0, 0.1) is 5.82 Å². The van der Waals surface area contributed by atoms with Crippen molar-refractivity contribution in [3.63, 3.8) is 0 Å². The number of benzene rings is 2. The number of rotatable bonds is 3. The number of carbonyl (C=O) groups excluding carboxylic acids is 2. The normalized spacial score (nSPS) is 20.1. The number of aromatic nitrogens is 1. The first kappa shape index (κ1) is 19.1. The lowest BCUT2D eigenvalue weighted by Crippen LogP contribution is -2.55. The molecule has 1 N–H and O–H groups in total. The Kier molecular flexibility index (Phi) is 4.56. The van der Waals surface area contributed by atoms with Crippen LogP contribution in [0.5, 0.6) is 0 Å². The third-order valence-corrected chi connectivity index (χ3v) is 7.09. The van der Waals surface area contributed by atoms with E-state index in [0.717, 1.165) is 10.4 Å². The Balaban J connectivity index is 1.31. The van der Waals surface area contributed by atoms with Gasteiger partial charge in [0.15, 0.2) is 0 Å². The zero-order valence-electron chi connectivity index (χ0n) is 16.5. The van der Waals surface area contributed by atoms with Gasteiger partial charge < -0.3 is 5.32 Å². The number of nitrogens with zero attached hydrogens (tertiary/aromatic N) is 3. The van der Waals surface area contributed by atoms with Gasteiger partial charge in [-0.25, -0.2) is 19.1 Å². The second-order valence-corrected chi connectivity index (χ2v) is 8.81. The molecule has 2 fully saturated rings. The van der Waals surface area contributed by atoms with Gasteiger partial charge in [0.25, 0.3) is 5.91 Å². The number of thiazole rings is 1. The molecule has 1 atom stereocenters. The maximum Gasteiger partial charge on any atom is 0.329 e. The Morgan fingerprint density at radius 1 is 1.13 bits per heavy atom. The van der Waals surface area contributed by atoms with Gasteiger partial charge in [-0.2, -0.15) is 0 Å². The Hall–Kier alpha value is -2.84. The van der Waals surface area contributed by atoms with Gasteiger partial charge in [0.2, 0.25) is 0 Å². The predicted molar refractivity (Wildman–Crippen MR) is 114 cm³/mol. The molecule has 0 saturated carbocycles. The van der Waals surface area contributed by atoms with Gasteiger partial charge in [-0.15, -0.1) is 11.3 Å². The highest BCUT2D eigenvalue weighted by Gasteiger charge is 2.53. The van der Waals surface area contributed by atoms with E-state index in [1.165, 1.54) is 34.5 Å². The summed E-state index contributed by atoms with van der Waals surface area (Å²) in [4.78, 5) is 33.6. The molecule has 2 aliphatic rings. The van der Waals surface area contributed by atoms with Gasteiger partial charge in [-0.1, -0.05) is 6.07 Å². The van der Waals surface area contributed by atoms with Crippen molar-refractivity contribution in [3.05, 3.63) is 59.4 Å². The van der Waals surface area contributed by atoms with Crippen molar-refractivity contribution < 1.29 is 14.0 Å². The SMILES string of the molecule is CC(c1ccc2scnc2c1)N1CCC2(CC1)NC(=O)N(c1ccc(F)cc1)C2=O. The highest BCUT2D eigenvalue weighted by atomic mass is 32.1. The number of anilines is 1. The van der Waals surface area contributed by atoms with Crippen LogP contribution in [-0.2, 0) is 4.79 Å². The molecule has 3 aromatic rings. The van der Waals surface area contributed by atoms with Crippen molar-refractivity contribution in [1.29, 1.82) is 0 Å². The molecular formula is C22H21FN4O2S. The third kappa shape index (κ3) is 3.07. The highest BCUT2D eigenvalue weighted by Crippen LogP contribution is 2.35. The summed E-state index contributed by atoms with van der Waals surface area (Å²) in [7, 11) is 0. The molecule has 0 radical (unpaired) electrons. The van der Waals surface area contributed by atoms with E-state index < -0.39 is 17.4 Å². The molecule has 1 aromatic heterocycles. The summed E-state index contributed by atoms with van der Waals surface area (Å²) < 4.78 is 14.4. The number of imide groups is 1. The molecule has 0 bridgehead atoms. The fraction of sp³-hybridized carbons (Fsp3) is 0.318. The summed E-state index contributed by atoms with van der Waals surface area (Å²) >= 11 is 1.63. The summed E-state index contributed by atoms with van der Waals surface area (Å²) in [5, 5.41) is 2.91. The first-order valence-corrected chi connectivity index (χ1v) is 10.8. The lowest BCUT2D eigenvalue weighted by molar-refractivity contribution is -0.124. The zero-order chi connectivity index (χ0) is 20.9. The van der Waals surface area contributed by atoms with Gasteiger partial charge in [-0.05, 0) is 61.7 Å². The predicted octanol–water partition coefficient (Wildman–Crippen LogP) is 4.09. The maximum atomic E-state index is 13.2. The Labute approximate surface area is 177 Å². The van der Waals surface area contributed by atoms with Gasteiger partial charge >= 0.3 is 6.03 Å². The van der Waals surface area contributed by atoms with E-state index in [0.29, 0.717) is 31.6 Å². The molecule has 6 nitrogen and oxygen atoms in total. The Morgan fingerprint density at radius 2 is 1.87 bits per heavy atom. The van der Waals surface area contributed by atoms with E-state index in [4.69, 9.17) is 0 Å². The van der Waals surface area contributed by atoms with Crippen LogP contribution in [0.4, 0.5) is 14.9 Å². The number of piperidine rings is 1. The summed E-state index contributed by atoms with van der Waals surface area (Å²) in [6.07, 6.45) is 1.08. The average molecular weight is 425 g/mol. The van der Waals surface area contributed by atoms with Crippen molar-refractivity contribution in [2.24, 2.45) is 0 Å². The minimum atomic E-state index is -0.888. The molecule has 2 aromatic carbocycles. The van der Waals surface area contributed by atoms with Gasteiger partial charge in [0.05, 0.1) is 21.4 Å². The number of hydrogen-bond donors (Lipinski definition) is 1. The van der Waals surface area contributed by atoms with Crippen LogP contribution in [-0.4, -0.2) is 40.5 Å². The van der Waals surface area contributed by atoms with E-state index in [1.54, 1.807) is 11.3 Å². The van der Waals surface area contributed by atoms with Crippen LogP contribution in [0.2, 0.25) is 0 Å². The number of hydrogen-bond acceptors (Lipinski definition) is 5. The topological polar surface area (TPSA) is 65.5 Å². The monoisotopic (exact) mass is 424 g/mol.